The van der Waals surface area contributed by atoms with E-state index in [2.05, 4.69) is 63.1 Å². The number of benzene rings is 1. The van der Waals surface area contributed by atoms with Crippen LogP contribution in [0.3, 0.4) is 0 Å². The number of hydrogen-bond acceptors (Lipinski definition) is 3. The zero-order valence-electron chi connectivity index (χ0n) is 13.0. The number of hydrogen-bond donors (Lipinski definition) is 1. The van der Waals surface area contributed by atoms with Crippen molar-refractivity contribution in [3.63, 3.8) is 0 Å². The number of nitrogens with zero attached hydrogens (tertiary/aromatic N) is 2. The Labute approximate surface area is 121 Å². The van der Waals surface area contributed by atoms with E-state index in [1.54, 1.807) is 0 Å². The van der Waals surface area contributed by atoms with Gasteiger partial charge in [-0.1, -0.05) is 31.0 Å². The van der Waals surface area contributed by atoms with Crippen molar-refractivity contribution >= 4 is 5.82 Å². The van der Waals surface area contributed by atoms with Crippen molar-refractivity contribution in [2.75, 3.05) is 11.9 Å². The van der Waals surface area contributed by atoms with Crippen LogP contribution in [0.4, 0.5) is 5.82 Å². The van der Waals surface area contributed by atoms with E-state index < -0.39 is 0 Å². The predicted octanol–water partition coefficient (Wildman–Crippen LogP) is 4.32. The summed E-state index contributed by atoms with van der Waals surface area (Å²) >= 11 is 0. The fourth-order valence-corrected chi connectivity index (χ4v) is 2.27. The fraction of sp³-hybridized carbons (Fsp3) is 0.412. The largest absolute Gasteiger partial charge is 0.370 e. The molecular formula is C17H23N3. The van der Waals surface area contributed by atoms with Gasteiger partial charge in [0, 0.05) is 23.9 Å². The van der Waals surface area contributed by atoms with E-state index in [0.29, 0.717) is 5.92 Å². The summed E-state index contributed by atoms with van der Waals surface area (Å²) in [5.74, 6) is 2.10. The highest BCUT2D eigenvalue weighted by atomic mass is 15.0. The molecule has 0 saturated heterocycles. The molecule has 0 aliphatic carbocycles. The molecule has 3 heteroatoms. The van der Waals surface area contributed by atoms with Gasteiger partial charge in [0.1, 0.15) is 5.82 Å². The van der Waals surface area contributed by atoms with E-state index in [4.69, 9.17) is 4.98 Å². The summed E-state index contributed by atoms with van der Waals surface area (Å²) in [7, 11) is 0. The van der Waals surface area contributed by atoms with Crippen LogP contribution in [0.1, 0.15) is 43.5 Å². The molecule has 0 bridgehead atoms. The number of aromatic nitrogens is 2. The lowest BCUT2D eigenvalue weighted by Crippen LogP contribution is -2.05. The highest BCUT2D eigenvalue weighted by molar-refractivity contribution is 5.60. The van der Waals surface area contributed by atoms with Crippen molar-refractivity contribution in [1.29, 1.82) is 0 Å². The lowest BCUT2D eigenvalue weighted by Gasteiger charge is -2.12. The average Bonchev–Trinajstić information content (AvgIpc) is 2.37. The summed E-state index contributed by atoms with van der Waals surface area (Å²) in [6, 6.07) is 8.49. The minimum atomic E-state index is 0.389. The second kappa shape index (κ2) is 6.04. The van der Waals surface area contributed by atoms with Gasteiger partial charge in [0.2, 0.25) is 0 Å². The normalized spacial score (nSPS) is 10.9. The minimum Gasteiger partial charge on any atom is -0.370 e. The molecular weight excluding hydrogens is 246 g/mol. The van der Waals surface area contributed by atoms with Crippen molar-refractivity contribution in [1.82, 2.24) is 9.97 Å². The molecule has 1 aromatic carbocycles. The van der Waals surface area contributed by atoms with Crippen LogP contribution in [0.5, 0.6) is 0 Å². The Morgan fingerprint density at radius 3 is 2.20 bits per heavy atom. The number of rotatable bonds is 4. The van der Waals surface area contributed by atoms with Crippen LogP contribution < -0.4 is 5.32 Å². The summed E-state index contributed by atoms with van der Waals surface area (Å²) in [5.41, 5.74) is 4.64. The van der Waals surface area contributed by atoms with Gasteiger partial charge in [-0.25, -0.2) is 9.97 Å². The first-order valence-corrected chi connectivity index (χ1v) is 7.21. The molecule has 0 atom stereocenters. The highest BCUT2D eigenvalue weighted by Gasteiger charge is 2.10. The molecule has 20 heavy (non-hydrogen) atoms. The van der Waals surface area contributed by atoms with E-state index in [1.807, 2.05) is 6.07 Å². The lowest BCUT2D eigenvalue weighted by atomic mass is 10.1. The van der Waals surface area contributed by atoms with Gasteiger partial charge in [0.05, 0.1) is 0 Å². The van der Waals surface area contributed by atoms with E-state index >= 15 is 0 Å². The zero-order valence-corrected chi connectivity index (χ0v) is 13.0. The van der Waals surface area contributed by atoms with Crippen molar-refractivity contribution in [3.8, 4) is 11.4 Å². The summed E-state index contributed by atoms with van der Waals surface area (Å²) in [5, 5.41) is 3.29. The van der Waals surface area contributed by atoms with Gasteiger partial charge in [-0.15, -0.1) is 0 Å². The third kappa shape index (κ3) is 3.35. The monoisotopic (exact) mass is 269 g/mol. The van der Waals surface area contributed by atoms with Gasteiger partial charge >= 0.3 is 0 Å². The average molecular weight is 269 g/mol. The van der Waals surface area contributed by atoms with Crippen molar-refractivity contribution in [2.24, 2.45) is 0 Å². The maximum atomic E-state index is 4.72. The van der Waals surface area contributed by atoms with Gasteiger partial charge in [-0.3, -0.25) is 0 Å². The Bertz CT molecular complexity index is 583. The maximum absolute atomic E-state index is 4.72. The molecule has 1 N–H and O–H groups in total. The standard InChI is InChI=1S/C17H23N3/c1-6-18-16-10-15(11(2)3)19-17(20-16)14-8-12(4)7-13(5)9-14/h7-11H,6H2,1-5H3,(H,18,19,20). The molecule has 0 radical (unpaired) electrons. The number of aryl methyl sites for hydroxylation is 2. The van der Waals surface area contributed by atoms with E-state index in [0.717, 1.165) is 29.4 Å². The molecule has 1 heterocycles. The van der Waals surface area contributed by atoms with E-state index in [-0.39, 0.29) is 0 Å². The van der Waals surface area contributed by atoms with Gasteiger partial charge in [0.15, 0.2) is 5.82 Å². The van der Waals surface area contributed by atoms with Crippen LogP contribution in [-0.2, 0) is 0 Å². The predicted molar refractivity (Wildman–Crippen MR) is 85.2 cm³/mol. The molecule has 2 aromatic rings. The topological polar surface area (TPSA) is 37.8 Å². The third-order valence-corrected chi connectivity index (χ3v) is 3.18. The van der Waals surface area contributed by atoms with Crippen molar-refractivity contribution in [2.45, 2.75) is 40.5 Å². The molecule has 0 unspecified atom stereocenters. The first kappa shape index (κ1) is 14.5. The summed E-state index contributed by atoms with van der Waals surface area (Å²) in [4.78, 5) is 9.35. The van der Waals surface area contributed by atoms with Crippen LogP contribution in [0.15, 0.2) is 24.3 Å². The maximum Gasteiger partial charge on any atom is 0.161 e. The fourth-order valence-electron chi connectivity index (χ4n) is 2.27. The number of nitrogens with one attached hydrogen (secondary N) is 1. The van der Waals surface area contributed by atoms with Crippen LogP contribution in [0.25, 0.3) is 11.4 Å². The van der Waals surface area contributed by atoms with E-state index in [9.17, 15) is 0 Å². The molecule has 0 amide bonds. The molecule has 3 nitrogen and oxygen atoms in total. The molecule has 0 fully saturated rings. The number of anilines is 1. The van der Waals surface area contributed by atoms with Gasteiger partial charge in [-0.2, -0.15) is 0 Å². The zero-order chi connectivity index (χ0) is 14.7. The van der Waals surface area contributed by atoms with Crippen LogP contribution in [0, 0.1) is 13.8 Å². The SMILES string of the molecule is CCNc1cc(C(C)C)nc(-c2cc(C)cc(C)c2)n1. The molecule has 2 rings (SSSR count). The minimum absolute atomic E-state index is 0.389. The third-order valence-electron chi connectivity index (χ3n) is 3.18. The van der Waals surface area contributed by atoms with Crippen LogP contribution in [-0.4, -0.2) is 16.5 Å². The molecule has 0 aliphatic rings. The first-order chi connectivity index (χ1) is 9.49. The van der Waals surface area contributed by atoms with Gasteiger partial charge < -0.3 is 5.32 Å². The Kier molecular flexibility index (Phi) is 4.38. The van der Waals surface area contributed by atoms with Crippen molar-refractivity contribution in [3.05, 3.63) is 41.1 Å². The Balaban J connectivity index is 2.54. The lowest BCUT2D eigenvalue weighted by molar-refractivity contribution is 0.817. The highest BCUT2D eigenvalue weighted by Crippen LogP contribution is 2.23. The van der Waals surface area contributed by atoms with Crippen LogP contribution in [0.2, 0.25) is 0 Å². The quantitative estimate of drug-likeness (QED) is 0.898. The smallest absolute Gasteiger partial charge is 0.161 e. The summed E-state index contributed by atoms with van der Waals surface area (Å²) < 4.78 is 0. The second-order valence-corrected chi connectivity index (χ2v) is 5.56. The van der Waals surface area contributed by atoms with Gasteiger partial charge in [-0.05, 0) is 38.8 Å². The Hall–Kier alpha value is -1.90. The Morgan fingerprint density at radius 1 is 1.00 bits per heavy atom. The molecule has 0 spiro atoms. The van der Waals surface area contributed by atoms with Crippen molar-refractivity contribution < 1.29 is 0 Å². The van der Waals surface area contributed by atoms with E-state index in [1.165, 1.54) is 11.1 Å². The summed E-state index contributed by atoms with van der Waals surface area (Å²) in [6.45, 7) is 11.5. The molecule has 0 saturated carbocycles. The molecule has 0 aliphatic heterocycles. The Morgan fingerprint density at radius 2 is 1.65 bits per heavy atom. The molecule has 1 aromatic heterocycles. The van der Waals surface area contributed by atoms with Gasteiger partial charge in [0.25, 0.3) is 0 Å². The summed E-state index contributed by atoms with van der Waals surface area (Å²) in [6.07, 6.45) is 0. The first-order valence-electron chi connectivity index (χ1n) is 7.21. The second-order valence-electron chi connectivity index (χ2n) is 5.56. The van der Waals surface area contributed by atoms with Crippen LogP contribution >= 0.6 is 0 Å². The molecule has 106 valence electrons.